The number of nitrogens with zero attached hydrogens (tertiary/aromatic N) is 2. The molecule has 1 N–H and O–H groups in total. The Balaban J connectivity index is 2.10. The van der Waals surface area contributed by atoms with Gasteiger partial charge in [-0.1, -0.05) is 20.8 Å². The second-order valence-corrected chi connectivity index (χ2v) is 5.37. The zero-order chi connectivity index (χ0) is 10.4. The molecule has 0 aliphatic heterocycles. The first-order chi connectivity index (χ1) is 6.39. The molecule has 3 nitrogen and oxygen atoms in total. The zero-order valence-corrected chi connectivity index (χ0v) is 9.12. The maximum atomic E-state index is 9.73. The van der Waals surface area contributed by atoms with Gasteiger partial charge in [-0.15, -0.1) is 0 Å². The minimum Gasteiger partial charge on any atom is -0.388 e. The maximum Gasteiger partial charge on any atom is 0.0844 e. The lowest BCUT2D eigenvalue weighted by molar-refractivity contribution is 0.124. The van der Waals surface area contributed by atoms with Crippen LogP contribution in [-0.2, 0) is 12.0 Å². The van der Waals surface area contributed by atoms with Crippen molar-refractivity contribution < 1.29 is 5.11 Å². The Hall–Kier alpha value is -0.830. The highest BCUT2D eigenvalue weighted by atomic mass is 16.3. The van der Waals surface area contributed by atoms with Gasteiger partial charge in [0.2, 0.25) is 0 Å². The minimum atomic E-state index is -0.457. The molecule has 1 aliphatic carbocycles. The molecule has 1 aromatic rings. The molecule has 0 spiro atoms. The SMILES string of the molecule is CC(C)(C)c1ccn(CC2(O)CC2)n1. The molecule has 78 valence electrons. The highest BCUT2D eigenvalue weighted by Gasteiger charge is 2.40. The van der Waals surface area contributed by atoms with E-state index in [0.717, 1.165) is 18.5 Å². The molecular weight excluding hydrogens is 176 g/mol. The molecule has 0 radical (unpaired) electrons. The molecule has 0 bridgehead atoms. The van der Waals surface area contributed by atoms with E-state index in [9.17, 15) is 5.11 Å². The minimum absolute atomic E-state index is 0.0947. The van der Waals surface area contributed by atoms with Crippen molar-refractivity contribution >= 4 is 0 Å². The molecule has 1 aromatic heterocycles. The van der Waals surface area contributed by atoms with Crippen molar-refractivity contribution in [1.82, 2.24) is 9.78 Å². The lowest BCUT2D eigenvalue weighted by Crippen LogP contribution is -2.19. The van der Waals surface area contributed by atoms with Gasteiger partial charge in [0, 0.05) is 11.6 Å². The van der Waals surface area contributed by atoms with E-state index in [4.69, 9.17) is 0 Å². The second kappa shape index (κ2) is 2.83. The lowest BCUT2D eigenvalue weighted by atomic mass is 9.93. The summed E-state index contributed by atoms with van der Waals surface area (Å²) in [5.74, 6) is 0. The van der Waals surface area contributed by atoms with Crippen molar-refractivity contribution in [2.45, 2.75) is 51.2 Å². The Bertz CT molecular complexity index is 331. The summed E-state index contributed by atoms with van der Waals surface area (Å²) in [6.45, 7) is 7.08. The third-order valence-electron chi connectivity index (χ3n) is 2.69. The van der Waals surface area contributed by atoms with Gasteiger partial charge in [0.25, 0.3) is 0 Å². The molecule has 0 aromatic carbocycles. The fourth-order valence-electron chi connectivity index (χ4n) is 1.45. The van der Waals surface area contributed by atoms with Gasteiger partial charge in [0.05, 0.1) is 17.8 Å². The first-order valence-electron chi connectivity index (χ1n) is 5.15. The number of aromatic nitrogens is 2. The quantitative estimate of drug-likeness (QED) is 0.778. The van der Waals surface area contributed by atoms with Gasteiger partial charge in [0.15, 0.2) is 0 Å². The van der Waals surface area contributed by atoms with E-state index in [1.54, 1.807) is 0 Å². The van der Waals surface area contributed by atoms with Crippen LogP contribution in [0.3, 0.4) is 0 Å². The van der Waals surface area contributed by atoms with Crippen molar-refractivity contribution in [3.8, 4) is 0 Å². The van der Waals surface area contributed by atoms with E-state index in [1.807, 2.05) is 16.9 Å². The maximum absolute atomic E-state index is 9.73. The van der Waals surface area contributed by atoms with E-state index < -0.39 is 5.60 Å². The van der Waals surface area contributed by atoms with Crippen molar-refractivity contribution in [2.24, 2.45) is 0 Å². The molecule has 14 heavy (non-hydrogen) atoms. The van der Waals surface area contributed by atoms with Crippen LogP contribution in [0.1, 0.15) is 39.3 Å². The molecule has 1 fully saturated rings. The molecule has 0 unspecified atom stereocenters. The van der Waals surface area contributed by atoms with E-state index in [1.165, 1.54) is 0 Å². The summed E-state index contributed by atoms with van der Waals surface area (Å²) in [4.78, 5) is 0. The lowest BCUT2D eigenvalue weighted by Gasteiger charge is -2.14. The van der Waals surface area contributed by atoms with E-state index >= 15 is 0 Å². The van der Waals surface area contributed by atoms with Crippen LogP contribution < -0.4 is 0 Å². The number of hydrogen-bond donors (Lipinski definition) is 1. The van der Waals surface area contributed by atoms with Crippen LogP contribution >= 0.6 is 0 Å². The van der Waals surface area contributed by atoms with Crippen molar-refractivity contribution in [2.75, 3.05) is 0 Å². The summed E-state index contributed by atoms with van der Waals surface area (Å²) in [5.41, 5.74) is 0.722. The van der Waals surface area contributed by atoms with Crippen molar-refractivity contribution in [3.05, 3.63) is 18.0 Å². The summed E-state index contributed by atoms with van der Waals surface area (Å²) < 4.78 is 1.85. The topological polar surface area (TPSA) is 38.0 Å². The number of rotatable bonds is 2. The number of hydrogen-bond acceptors (Lipinski definition) is 2. The fourth-order valence-corrected chi connectivity index (χ4v) is 1.45. The molecule has 1 saturated carbocycles. The standard InChI is InChI=1S/C11H18N2O/c1-10(2,3)9-4-7-13(12-9)8-11(14)5-6-11/h4,7,14H,5-6,8H2,1-3H3. The summed E-state index contributed by atoms with van der Waals surface area (Å²) in [6.07, 6.45) is 3.78. The van der Waals surface area contributed by atoms with Crippen LogP contribution in [0.4, 0.5) is 0 Å². The molecule has 1 aliphatic rings. The summed E-state index contributed by atoms with van der Waals surface area (Å²) in [6, 6.07) is 2.03. The largest absolute Gasteiger partial charge is 0.388 e. The van der Waals surface area contributed by atoms with E-state index in [2.05, 4.69) is 25.9 Å². The Morgan fingerprint density at radius 1 is 1.50 bits per heavy atom. The molecule has 1 heterocycles. The highest BCUT2D eigenvalue weighted by molar-refractivity contribution is 5.10. The Morgan fingerprint density at radius 3 is 2.57 bits per heavy atom. The zero-order valence-electron chi connectivity index (χ0n) is 9.12. The van der Waals surface area contributed by atoms with Gasteiger partial charge in [0.1, 0.15) is 0 Å². The van der Waals surface area contributed by atoms with Gasteiger partial charge < -0.3 is 5.11 Å². The smallest absolute Gasteiger partial charge is 0.0844 e. The molecular formula is C11H18N2O. The van der Waals surface area contributed by atoms with Gasteiger partial charge in [-0.05, 0) is 18.9 Å². The van der Waals surface area contributed by atoms with Crippen molar-refractivity contribution in [1.29, 1.82) is 0 Å². The van der Waals surface area contributed by atoms with E-state index in [-0.39, 0.29) is 5.41 Å². The monoisotopic (exact) mass is 194 g/mol. The van der Waals surface area contributed by atoms with E-state index in [0.29, 0.717) is 6.54 Å². The molecule has 0 saturated heterocycles. The second-order valence-electron chi connectivity index (χ2n) is 5.37. The first-order valence-corrected chi connectivity index (χ1v) is 5.15. The number of aliphatic hydroxyl groups is 1. The Morgan fingerprint density at radius 2 is 2.14 bits per heavy atom. The van der Waals surface area contributed by atoms with Crippen LogP contribution in [0.15, 0.2) is 12.3 Å². The fraction of sp³-hybridized carbons (Fsp3) is 0.727. The third-order valence-corrected chi connectivity index (χ3v) is 2.69. The summed E-state index contributed by atoms with van der Waals surface area (Å²) in [7, 11) is 0. The Kier molecular flexibility index (Phi) is 1.96. The molecule has 0 atom stereocenters. The van der Waals surface area contributed by atoms with Crippen LogP contribution in [0, 0.1) is 0 Å². The van der Waals surface area contributed by atoms with Gasteiger partial charge in [-0.25, -0.2) is 0 Å². The average Bonchev–Trinajstić information content (AvgIpc) is 2.61. The highest BCUT2D eigenvalue weighted by Crippen LogP contribution is 2.36. The van der Waals surface area contributed by atoms with Gasteiger partial charge in [-0.3, -0.25) is 4.68 Å². The molecule has 3 heteroatoms. The third kappa shape index (κ3) is 1.98. The van der Waals surface area contributed by atoms with Crippen LogP contribution in [-0.4, -0.2) is 20.5 Å². The van der Waals surface area contributed by atoms with Crippen LogP contribution in [0.2, 0.25) is 0 Å². The average molecular weight is 194 g/mol. The van der Waals surface area contributed by atoms with Crippen LogP contribution in [0.25, 0.3) is 0 Å². The van der Waals surface area contributed by atoms with Gasteiger partial charge in [-0.2, -0.15) is 5.10 Å². The Labute approximate surface area is 84.7 Å². The first kappa shape index (κ1) is 9.71. The predicted octanol–water partition coefficient (Wildman–Crippen LogP) is 1.71. The summed E-state index contributed by atoms with van der Waals surface area (Å²) >= 11 is 0. The molecule has 0 amide bonds. The van der Waals surface area contributed by atoms with Crippen molar-refractivity contribution in [3.63, 3.8) is 0 Å². The predicted molar refractivity (Wildman–Crippen MR) is 55.1 cm³/mol. The molecule has 2 rings (SSSR count). The van der Waals surface area contributed by atoms with Gasteiger partial charge >= 0.3 is 0 Å². The van der Waals surface area contributed by atoms with Crippen LogP contribution in [0.5, 0.6) is 0 Å². The summed E-state index contributed by atoms with van der Waals surface area (Å²) in [5, 5.41) is 14.2. The normalized spacial score (nSPS) is 19.7.